The Morgan fingerprint density at radius 2 is 1.97 bits per heavy atom. The van der Waals surface area contributed by atoms with Crippen molar-refractivity contribution >= 4 is 17.7 Å². The molecule has 0 bridgehead atoms. The van der Waals surface area contributed by atoms with Crippen LogP contribution in [0.15, 0.2) is 42.6 Å². The van der Waals surface area contributed by atoms with E-state index >= 15 is 0 Å². The fourth-order valence-electron chi connectivity index (χ4n) is 4.11. The fraction of sp³-hybridized carbons (Fsp3) is 0.227. The number of halogens is 1. The molecule has 9 heteroatoms. The van der Waals surface area contributed by atoms with E-state index in [0.717, 1.165) is 11.1 Å². The van der Waals surface area contributed by atoms with Crippen LogP contribution in [0.3, 0.4) is 0 Å². The molecule has 0 aliphatic carbocycles. The normalized spacial score (nSPS) is 18.3. The summed E-state index contributed by atoms with van der Waals surface area (Å²) in [5, 5.41) is 10.6. The number of piperidine rings is 1. The van der Waals surface area contributed by atoms with Gasteiger partial charge >= 0.3 is 0 Å². The van der Waals surface area contributed by atoms with Crippen molar-refractivity contribution in [1.29, 1.82) is 0 Å². The number of carbonyl (C=O) groups is 3. The first-order valence-corrected chi connectivity index (χ1v) is 9.87. The van der Waals surface area contributed by atoms with Gasteiger partial charge in [0.1, 0.15) is 17.6 Å². The van der Waals surface area contributed by atoms with Crippen LogP contribution in [0.5, 0.6) is 0 Å². The van der Waals surface area contributed by atoms with Crippen LogP contribution in [0, 0.1) is 12.7 Å². The van der Waals surface area contributed by atoms with Crippen LogP contribution in [0.2, 0.25) is 0 Å². The number of amides is 3. The number of fused-ring (bicyclic) bond motifs is 1. The molecule has 1 unspecified atom stereocenters. The molecule has 1 aromatic heterocycles. The Morgan fingerprint density at radius 1 is 1.13 bits per heavy atom. The van der Waals surface area contributed by atoms with Gasteiger partial charge in [0.25, 0.3) is 5.91 Å². The van der Waals surface area contributed by atoms with E-state index in [2.05, 4.69) is 15.6 Å². The van der Waals surface area contributed by atoms with Crippen LogP contribution in [-0.2, 0) is 16.1 Å². The second-order valence-corrected chi connectivity index (χ2v) is 7.81. The minimum atomic E-state index is -0.657. The average molecular weight is 419 g/mol. The third-order valence-electron chi connectivity index (χ3n) is 5.60. The first-order chi connectivity index (χ1) is 14.9. The highest BCUT2D eigenvalue weighted by Crippen LogP contribution is 2.29. The summed E-state index contributed by atoms with van der Waals surface area (Å²) in [6.07, 6.45) is 2.23. The Kier molecular flexibility index (Phi) is 4.39. The predicted molar refractivity (Wildman–Crippen MR) is 108 cm³/mol. The van der Waals surface area contributed by atoms with Gasteiger partial charge in [0, 0.05) is 24.1 Å². The van der Waals surface area contributed by atoms with E-state index in [0.29, 0.717) is 28.9 Å². The third-order valence-corrected chi connectivity index (χ3v) is 5.60. The lowest BCUT2D eigenvalue weighted by atomic mass is 10.0. The summed E-state index contributed by atoms with van der Waals surface area (Å²) in [6, 6.07) is 9.30. The number of nitrogens with zero attached hydrogens (tertiary/aromatic N) is 4. The zero-order valence-electron chi connectivity index (χ0n) is 16.6. The van der Waals surface area contributed by atoms with Crippen LogP contribution >= 0.6 is 0 Å². The average Bonchev–Trinajstić information content (AvgIpc) is 3.33. The number of carbonyl (C=O) groups excluding carboxylic acids is 3. The molecule has 1 fully saturated rings. The van der Waals surface area contributed by atoms with Gasteiger partial charge in [0.2, 0.25) is 11.8 Å². The van der Waals surface area contributed by atoms with Crippen molar-refractivity contribution in [2.75, 3.05) is 0 Å². The van der Waals surface area contributed by atoms with Crippen molar-refractivity contribution in [3.05, 3.63) is 65.1 Å². The van der Waals surface area contributed by atoms with Crippen LogP contribution in [0.4, 0.5) is 4.39 Å². The molecule has 2 aliphatic rings. The zero-order chi connectivity index (χ0) is 21.7. The van der Waals surface area contributed by atoms with Crippen LogP contribution in [0.1, 0.15) is 34.3 Å². The molecule has 8 nitrogen and oxygen atoms in total. The quantitative estimate of drug-likeness (QED) is 0.656. The number of nitrogens with one attached hydrogen (secondary N) is 1. The first-order valence-electron chi connectivity index (χ1n) is 9.87. The Morgan fingerprint density at radius 3 is 2.74 bits per heavy atom. The largest absolute Gasteiger partial charge is 0.322 e. The van der Waals surface area contributed by atoms with E-state index < -0.39 is 11.9 Å². The van der Waals surface area contributed by atoms with E-state index in [-0.39, 0.29) is 30.6 Å². The third kappa shape index (κ3) is 3.37. The number of hydrogen-bond donors (Lipinski definition) is 1. The van der Waals surface area contributed by atoms with Gasteiger partial charge < -0.3 is 4.90 Å². The highest BCUT2D eigenvalue weighted by molar-refractivity contribution is 6.05. The van der Waals surface area contributed by atoms with Gasteiger partial charge in [-0.3, -0.25) is 19.7 Å². The van der Waals surface area contributed by atoms with E-state index in [1.165, 1.54) is 17.0 Å². The molecule has 2 aliphatic heterocycles. The van der Waals surface area contributed by atoms with Crippen molar-refractivity contribution in [3.8, 4) is 16.9 Å². The molecule has 1 atom stereocenters. The van der Waals surface area contributed by atoms with Crippen LogP contribution in [-0.4, -0.2) is 43.7 Å². The Hall–Kier alpha value is -3.88. The molecule has 1 N–H and O–H groups in total. The molecular formula is C22H18FN5O3. The minimum absolute atomic E-state index is 0.211. The summed E-state index contributed by atoms with van der Waals surface area (Å²) >= 11 is 0. The summed E-state index contributed by atoms with van der Waals surface area (Å²) in [6.45, 7) is 2.08. The second kappa shape index (κ2) is 7.12. The molecule has 5 rings (SSSR count). The lowest BCUT2D eigenvalue weighted by Crippen LogP contribution is -2.52. The lowest BCUT2D eigenvalue weighted by molar-refractivity contribution is -0.136. The Balaban J connectivity index is 1.41. The van der Waals surface area contributed by atoms with Crippen molar-refractivity contribution in [1.82, 2.24) is 25.2 Å². The second-order valence-electron chi connectivity index (χ2n) is 7.81. The van der Waals surface area contributed by atoms with Crippen molar-refractivity contribution in [3.63, 3.8) is 0 Å². The summed E-state index contributed by atoms with van der Waals surface area (Å²) < 4.78 is 15.3. The maximum Gasteiger partial charge on any atom is 0.255 e. The molecule has 0 radical (unpaired) electrons. The molecule has 1 saturated heterocycles. The molecule has 3 amide bonds. The molecule has 3 aromatic rings. The van der Waals surface area contributed by atoms with Gasteiger partial charge in [-0.2, -0.15) is 0 Å². The van der Waals surface area contributed by atoms with E-state index in [1.807, 2.05) is 19.1 Å². The minimum Gasteiger partial charge on any atom is -0.322 e. The topological polar surface area (TPSA) is 97.2 Å². The smallest absolute Gasteiger partial charge is 0.255 e. The van der Waals surface area contributed by atoms with Gasteiger partial charge in [0.15, 0.2) is 0 Å². The SMILES string of the molecule is Cc1cc(F)cc(-c2cn(-c3ccc4c(c3)CN(C3CCC(=O)NC3=O)C4=O)nn2)c1. The molecular weight excluding hydrogens is 401 g/mol. The van der Waals surface area contributed by atoms with Gasteiger partial charge in [-0.1, -0.05) is 5.21 Å². The monoisotopic (exact) mass is 419 g/mol. The zero-order valence-corrected chi connectivity index (χ0v) is 16.6. The standard InChI is InChI=1S/C22H18FN5O3/c1-12-6-13(8-15(23)7-12)18-11-28(26-25-18)16-2-3-17-14(9-16)10-27(22(17)31)19-4-5-20(29)24-21(19)30/h2-3,6-9,11,19H,4-5,10H2,1H3,(H,24,29,30). The van der Waals surface area contributed by atoms with Gasteiger partial charge in [0.05, 0.1) is 11.9 Å². The highest BCUT2D eigenvalue weighted by Gasteiger charge is 2.39. The van der Waals surface area contributed by atoms with Crippen LogP contribution in [0.25, 0.3) is 16.9 Å². The van der Waals surface area contributed by atoms with E-state index in [9.17, 15) is 18.8 Å². The number of rotatable bonds is 3. The van der Waals surface area contributed by atoms with Gasteiger partial charge in [-0.15, -0.1) is 5.10 Å². The molecule has 0 spiro atoms. The first kappa shape index (κ1) is 19.1. The van der Waals surface area contributed by atoms with E-state index in [4.69, 9.17) is 0 Å². The van der Waals surface area contributed by atoms with Crippen molar-refractivity contribution in [2.45, 2.75) is 32.4 Å². The summed E-state index contributed by atoms with van der Waals surface area (Å²) in [4.78, 5) is 37.9. The maximum atomic E-state index is 13.7. The maximum absolute atomic E-state index is 13.7. The van der Waals surface area contributed by atoms with E-state index in [1.54, 1.807) is 23.0 Å². The molecule has 156 valence electrons. The number of aryl methyl sites for hydroxylation is 1. The predicted octanol–water partition coefficient (Wildman–Crippen LogP) is 2.14. The molecule has 31 heavy (non-hydrogen) atoms. The summed E-state index contributed by atoms with van der Waals surface area (Å²) in [7, 11) is 0. The number of imide groups is 1. The molecule has 0 saturated carbocycles. The molecule has 3 heterocycles. The van der Waals surface area contributed by atoms with Crippen molar-refractivity contribution < 1.29 is 18.8 Å². The number of hydrogen-bond acceptors (Lipinski definition) is 5. The van der Waals surface area contributed by atoms with Gasteiger partial charge in [-0.25, -0.2) is 9.07 Å². The van der Waals surface area contributed by atoms with Crippen molar-refractivity contribution in [2.24, 2.45) is 0 Å². The Labute approximate surface area is 176 Å². The van der Waals surface area contributed by atoms with Gasteiger partial charge in [-0.05, 0) is 60.9 Å². The molecule has 2 aromatic carbocycles. The lowest BCUT2D eigenvalue weighted by Gasteiger charge is -2.29. The summed E-state index contributed by atoms with van der Waals surface area (Å²) in [5.41, 5.74) is 3.94. The summed E-state index contributed by atoms with van der Waals surface area (Å²) in [5.74, 6) is -1.33. The van der Waals surface area contributed by atoms with Crippen LogP contribution < -0.4 is 5.32 Å². The number of aromatic nitrogens is 3. The Bertz CT molecular complexity index is 1230. The highest BCUT2D eigenvalue weighted by atomic mass is 19.1. The number of benzene rings is 2. The fourth-order valence-corrected chi connectivity index (χ4v) is 4.11.